The van der Waals surface area contributed by atoms with E-state index in [1.165, 1.54) is 5.56 Å². The number of amides is 1. The number of rotatable bonds is 2. The van der Waals surface area contributed by atoms with Crippen LogP contribution in [-0.4, -0.2) is 31.9 Å². The quantitative estimate of drug-likeness (QED) is 0.774. The molecule has 1 amide bonds. The predicted octanol–water partition coefficient (Wildman–Crippen LogP) is 3.80. The number of hydrogen-bond donors (Lipinski definition) is 1. The van der Waals surface area contributed by atoms with Crippen LogP contribution >= 0.6 is 0 Å². The van der Waals surface area contributed by atoms with Crippen LogP contribution in [0.2, 0.25) is 0 Å². The number of fused-ring (bicyclic) bond motifs is 1. The number of nitrogens with one attached hydrogen (secondary N) is 1. The van der Waals surface area contributed by atoms with Gasteiger partial charge in [0.25, 0.3) is 5.91 Å². The molecule has 2 aromatic heterocycles. The summed E-state index contributed by atoms with van der Waals surface area (Å²) < 4.78 is 2.05. The molecule has 1 aromatic carbocycles. The van der Waals surface area contributed by atoms with Gasteiger partial charge in [-0.05, 0) is 57.4 Å². The molecule has 25 heavy (non-hydrogen) atoms. The number of aromatic nitrogens is 3. The van der Waals surface area contributed by atoms with E-state index in [9.17, 15) is 4.79 Å². The molecule has 1 aliphatic rings. The Kier molecular flexibility index (Phi) is 3.67. The first-order chi connectivity index (χ1) is 12.0. The molecule has 1 saturated heterocycles. The number of imidazole rings is 1. The molecule has 0 saturated carbocycles. The van der Waals surface area contributed by atoms with E-state index in [0.29, 0.717) is 0 Å². The van der Waals surface area contributed by atoms with Gasteiger partial charge in [0, 0.05) is 41.9 Å². The van der Waals surface area contributed by atoms with Gasteiger partial charge in [0.15, 0.2) is 0 Å². The molecule has 0 aliphatic carbocycles. The van der Waals surface area contributed by atoms with Gasteiger partial charge in [-0.15, -0.1) is 0 Å². The lowest BCUT2D eigenvalue weighted by Crippen LogP contribution is -2.31. The Hall–Kier alpha value is -2.56. The molecule has 3 aromatic rings. The summed E-state index contributed by atoms with van der Waals surface area (Å²) in [5, 5.41) is 1.13. The molecule has 5 nitrogen and oxygen atoms in total. The number of benzene rings is 1. The van der Waals surface area contributed by atoms with Crippen LogP contribution in [0.1, 0.15) is 52.0 Å². The largest absolute Gasteiger partial charge is 0.358 e. The maximum Gasteiger partial charge on any atom is 0.254 e. The minimum absolute atomic E-state index is 0.0657. The fraction of sp³-hybridized carbons (Fsp3) is 0.400. The zero-order valence-corrected chi connectivity index (χ0v) is 15.3. The lowest BCUT2D eigenvalue weighted by molar-refractivity contribution is 0.0728. The number of carbonyl (C=O) groups is 1. The molecule has 5 heteroatoms. The molecule has 0 spiro atoms. The number of likely N-dealkylation sites (tertiary alicyclic amines) is 1. The molecule has 4 rings (SSSR count). The molecule has 1 aliphatic heterocycles. The van der Waals surface area contributed by atoms with E-state index in [2.05, 4.69) is 28.4 Å². The maximum atomic E-state index is 13.2. The van der Waals surface area contributed by atoms with Crippen molar-refractivity contribution in [3.8, 4) is 0 Å². The van der Waals surface area contributed by atoms with Gasteiger partial charge >= 0.3 is 0 Å². The average Bonchev–Trinajstić information content (AvgIpc) is 3.26. The number of hydrogen-bond acceptors (Lipinski definition) is 2. The highest BCUT2D eigenvalue weighted by atomic mass is 16.2. The number of nitrogens with zero attached hydrogens (tertiary/aromatic N) is 3. The van der Waals surface area contributed by atoms with Crippen LogP contribution in [0.15, 0.2) is 24.4 Å². The molecule has 3 heterocycles. The first-order valence-corrected chi connectivity index (χ1v) is 8.85. The van der Waals surface area contributed by atoms with Crippen molar-refractivity contribution in [1.29, 1.82) is 0 Å². The number of aromatic amines is 1. The van der Waals surface area contributed by atoms with Crippen molar-refractivity contribution in [1.82, 2.24) is 19.4 Å². The Morgan fingerprint density at radius 1 is 1.28 bits per heavy atom. The van der Waals surface area contributed by atoms with E-state index in [4.69, 9.17) is 0 Å². The van der Waals surface area contributed by atoms with Crippen molar-refractivity contribution in [2.24, 2.45) is 7.05 Å². The van der Waals surface area contributed by atoms with Gasteiger partial charge in [0.05, 0.1) is 11.7 Å². The van der Waals surface area contributed by atoms with Gasteiger partial charge in [-0.2, -0.15) is 0 Å². The minimum Gasteiger partial charge on any atom is -0.358 e. The van der Waals surface area contributed by atoms with Crippen LogP contribution in [0, 0.1) is 20.8 Å². The fourth-order valence-corrected chi connectivity index (χ4v) is 3.98. The number of carbonyl (C=O) groups excluding carboxylic acids is 1. The van der Waals surface area contributed by atoms with Crippen molar-refractivity contribution in [3.05, 3.63) is 52.7 Å². The highest BCUT2D eigenvalue weighted by Gasteiger charge is 2.33. The number of H-pyrrole nitrogens is 1. The van der Waals surface area contributed by atoms with Crippen molar-refractivity contribution >= 4 is 16.8 Å². The van der Waals surface area contributed by atoms with Gasteiger partial charge in [-0.3, -0.25) is 4.79 Å². The second-order valence-corrected chi connectivity index (χ2v) is 7.14. The lowest BCUT2D eigenvalue weighted by atomic mass is 10.1. The van der Waals surface area contributed by atoms with E-state index < -0.39 is 0 Å². The number of aryl methyl sites for hydroxylation is 4. The van der Waals surface area contributed by atoms with Crippen molar-refractivity contribution in [2.75, 3.05) is 6.54 Å². The Labute approximate surface area is 147 Å². The first kappa shape index (κ1) is 15.9. The smallest absolute Gasteiger partial charge is 0.254 e. The first-order valence-electron chi connectivity index (χ1n) is 8.85. The van der Waals surface area contributed by atoms with Crippen LogP contribution in [0.5, 0.6) is 0 Å². The Balaban J connectivity index is 1.70. The Morgan fingerprint density at radius 3 is 2.80 bits per heavy atom. The van der Waals surface area contributed by atoms with Crippen LogP contribution < -0.4 is 0 Å². The van der Waals surface area contributed by atoms with Crippen LogP contribution in [0.25, 0.3) is 10.9 Å². The molecule has 1 fully saturated rings. The molecular formula is C20H24N4O. The Bertz CT molecular complexity index is 966. The van der Waals surface area contributed by atoms with E-state index in [1.807, 2.05) is 43.3 Å². The summed E-state index contributed by atoms with van der Waals surface area (Å²) in [6.07, 6.45) is 4.02. The standard InChI is InChI=1S/C20H24N4O/c1-12-11-23(4)19(21-12)18-6-5-9-24(18)20(25)15-7-8-17-16(10-15)13(2)14(3)22-17/h7-8,10-11,18,22H,5-6,9H2,1-4H3. The summed E-state index contributed by atoms with van der Waals surface area (Å²) in [6.45, 7) is 6.95. The highest BCUT2D eigenvalue weighted by Crippen LogP contribution is 2.33. The minimum atomic E-state index is 0.0657. The molecule has 1 unspecified atom stereocenters. The second kappa shape index (κ2) is 5.76. The summed E-state index contributed by atoms with van der Waals surface area (Å²) in [6, 6.07) is 6.03. The van der Waals surface area contributed by atoms with Gasteiger partial charge in [0.1, 0.15) is 5.82 Å². The second-order valence-electron chi connectivity index (χ2n) is 7.14. The third-order valence-electron chi connectivity index (χ3n) is 5.40. The normalized spacial score (nSPS) is 17.6. The van der Waals surface area contributed by atoms with Crippen molar-refractivity contribution in [3.63, 3.8) is 0 Å². The monoisotopic (exact) mass is 336 g/mol. The Morgan fingerprint density at radius 2 is 2.08 bits per heavy atom. The van der Waals surface area contributed by atoms with Crippen LogP contribution in [0.3, 0.4) is 0 Å². The fourth-order valence-electron chi connectivity index (χ4n) is 3.98. The summed E-state index contributed by atoms with van der Waals surface area (Å²) in [5.41, 5.74) is 5.21. The van der Waals surface area contributed by atoms with E-state index in [0.717, 1.165) is 53.1 Å². The van der Waals surface area contributed by atoms with Crippen LogP contribution in [-0.2, 0) is 7.05 Å². The summed E-state index contributed by atoms with van der Waals surface area (Å²) >= 11 is 0. The van der Waals surface area contributed by atoms with Gasteiger partial charge in [-0.1, -0.05) is 0 Å². The van der Waals surface area contributed by atoms with Crippen molar-refractivity contribution in [2.45, 2.75) is 39.7 Å². The topological polar surface area (TPSA) is 53.9 Å². The molecule has 0 bridgehead atoms. The van der Waals surface area contributed by atoms with E-state index in [1.54, 1.807) is 0 Å². The molecule has 1 atom stereocenters. The zero-order valence-electron chi connectivity index (χ0n) is 15.3. The molecular weight excluding hydrogens is 312 g/mol. The molecule has 0 radical (unpaired) electrons. The zero-order chi connectivity index (χ0) is 17.7. The summed E-state index contributed by atoms with van der Waals surface area (Å²) in [5.74, 6) is 1.08. The van der Waals surface area contributed by atoms with E-state index in [-0.39, 0.29) is 11.9 Å². The van der Waals surface area contributed by atoms with Gasteiger partial charge < -0.3 is 14.5 Å². The molecule has 130 valence electrons. The van der Waals surface area contributed by atoms with E-state index >= 15 is 0 Å². The van der Waals surface area contributed by atoms with Gasteiger partial charge in [-0.25, -0.2) is 4.98 Å². The third-order valence-corrected chi connectivity index (χ3v) is 5.40. The molecule has 1 N–H and O–H groups in total. The predicted molar refractivity (Wildman–Crippen MR) is 98.7 cm³/mol. The maximum absolute atomic E-state index is 13.2. The van der Waals surface area contributed by atoms with Crippen LogP contribution in [0.4, 0.5) is 0 Å². The van der Waals surface area contributed by atoms with Crippen molar-refractivity contribution < 1.29 is 4.79 Å². The third kappa shape index (κ3) is 2.54. The van der Waals surface area contributed by atoms with Gasteiger partial charge in [0.2, 0.25) is 0 Å². The average molecular weight is 336 g/mol. The summed E-state index contributed by atoms with van der Waals surface area (Å²) in [7, 11) is 2.01. The SMILES string of the molecule is Cc1cn(C)c(C2CCCN2C(=O)c2ccc3[nH]c(C)c(C)c3c2)n1. The lowest BCUT2D eigenvalue weighted by Gasteiger charge is -2.24. The summed E-state index contributed by atoms with van der Waals surface area (Å²) in [4.78, 5) is 23.2. The highest BCUT2D eigenvalue weighted by molar-refractivity contribution is 5.99.